The average molecular weight is 282 g/mol. The minimum Gasteiger partial charge on any atom is -0.374 e. The van der Waals surface area contributed by atoms with Gasteiger partial charge in [0.25, 0.3) is 0 Å². The Morgan fingerprint density at radius 3 is 3.16 bits per heavy atom. The van der Waals surface area contributed by atoms with Crippen LogP contribution in [0.2, 0.25) is 0 Å². The third-order valence-corrected chi connectivity index (χ3v) is 5.14. The first-order valence-electron chi connectivity index (χ1n) is 7.15. The van der Waals surface area contributed by atoms with Gasteiger partial charge in [-0.3, -0.25) is 4.90 Å². The molecule has 3 rings (SSSR count). The Kier molecular flexibility index (Phi) is 4.17. The van der Waals surface area contributed by atoms with Crippen molar-refractivity contribution in [1.82, 2.24) is 9.88 Å². The Morgan fingerprint density at radius 1 is 1.53 bits per heavy atom. The third kappa shape index (κ3) is 2.70. The Hall–Kier alpha value is -0.490. The fourth-order valence-electron chi connectivity index (χ4n) is 3.24. The van der Waals surface area contributed by atoms with Crippen LogP contribution in [-0.2, 0) is 16.0 Å². The van der Waals surface area contributed by atoms with Gasteiger partial charge in [-0.2, -0.15) is 0 Å². The fourth-order valence-corrected chi connectivity index (χ4v) is 4.04. The summed E-state index contributed by atoms with van der Waals surface area (Å²) in [4.78, 5) is 8.26. The van der Waals surface area contributed by atoms with Crippen LogP contribution >= 0.6 is 11.3 Å². The maximum absolute atomic E-state index is 5.96. The number of thiazole rings is 1. The van der Waals surface area contributed by atoms with Gasteiger partial charge < -0.3 is 9.47 Å². The molecule has 106 valence electrons. The smallest absolute Gasteiger partial charge is 0.0991 e. The molecule has 19 heavy (non-hydrogen) atoms. The number of nitrogens with zero attached hydrogens (tertiary/aromatic N) is 2. The Balaban J connectivity index is 1.75. The van der Waals surface area contributed by atoms with Crippen LogP contribution in [0.15, 0.2) is 5.51 Å². The Morgan fingerprint density at radius 2 is 2.42 bits per heavy atom. The van der Waals surface area contributed by atoms with Gasteiger partial charge in [0.05, 0.1) is 30.0 Å². The van der Waals surface area contributed by atoms with Crippen molar-refractivity contribution in [2.75, 3.05) is 19.8 Å². The van der Waals surface area contributed by atoms with Crippen molar-refractivity contribution in [3.05, 3.63) is 16.1 Å². The molecule has 2 aliphatic rings. The third-order valence-electron chi connectivity index (χ3n) is 4.22. The highest BCUT2D eigenvalue weighted by Gasteiger charge is 2.42. The van der Waals surface area contributed by atoms with Crippen molar-refractivity contribution in [3.8, 4) is 0 Å². The van der Waals surface area contributed by atoms with Crippen LogP contribution in [0, 0.1) is 6.92 Å². The molecule has 1 aliphatic carbocycles. The Bertz CT molecular complexity index is 423. The summed E-state index contributed by atoms with van der Waals surface area (Å²) in [5, 5.41) is 0. The summed E-state index contributed by atoms with van der Waals surface area (Å²) in [6.07, 6.45) is 2.87. The summed E-state index contributed by atoms with van der Waals surface area (Å²) in [5.74, 6) is 0. The SMILES string of the molecule is CCOC1C2CCC1N(Cc1scnc1C)CCO2. The lowest BCUT2D eigenvalue weighted by atomic mass is 10.1. The van der Waals surface area contributed by atoms with E-state index < -0.39 is 0 Å². The first-order valence-corrected chi connectivity index (χ1v) is 8.03. The molecule has 0 amide bonds. The lowest BCUT2D eigenvalue weighted by Crippen LogP contribution is -2.42. The second kappa shape index (κ2) is 5.87. The molecule has 1 saturated carbocycles. The average Bonchev–Trinajstić information content (AvgIpc) is 2.90. The number of aromatic nitrogens is 1. The molecule has 4 nitrogen and oxygen atoms in total. The van der Waals surface area contributed by atoms with Gasteiger partial charge in [-0.15, -0.1) is 11.3 Å². The summed E-state index contributed by atoms with van der Waals surface area (Å²) < 4.78 is 11.9. The second-order valence-corrected chi connectivity index (χ2v) is 6.24. The lowest BCUT2D eigenvalue weighted by molar-refractivity contribution is -0.0498. The number of rotatable bonds is 4. The molecule has 2 bridgehead atoms. The van der Waals surface area contributed by atoms with Gasteiger partial charge in [0.2, 0.25) is 0 Å². The summed E-state index contributed by atoms with van der Waals surface area (Å²) in [6.45, 7) is 7.75. The van der Waals surface area contributed by atoms with E-state index in [-0.39, 0.29) is 6.10 Å². The van der Waals surface area contributed by atoms with Crippen LogP contribution in [0.5, 0.6) is 0 Å². The number of fused-ring (bicyclic) bond motifs is 2. The highest BCUT2D eigenvalue weighted by atomic mass is 32.1. The molecule has 1 saturated heterocycles. The van der Waals surface area contributed by atoms with Crippen LogP contribution in [0.1, 0.15) is 30.3 Å². The zero-order valence-electron chi connectivity index (χ0n) is 11.7. The van der Waals surface area contributed by atoms with Gasteiger partial charge in [-0.05, 0) is 26.7 Å². The minimum absolute atomic E-state index is 0.251. The van der Waals surface area contributed by atoms with Gasteiger partial charge in [-0.25, -0.2) is 4.98 Å². The van der Waals surface area contributed by atoms with Crippen LogP contribution in [0.4, 0.5) is 0 Å². The highest BCUT2D eigenvalue weighted by Crippen LogP contribution is 2.33. The first-order chi connectivity index (χ1) is 9.29. The Labute approximate surface area is 118 Å². The van der Waals surface area contributed by atoms with E-state index in [0.717, 1.165) is 38.4 Å². The molecule has 5 heteroatoms. The molecule has 2 fully saturated rings. The number of ether oxygens (including phenoxy) is 2. The minimum atomic E-state index is 0.251. The topological polar surface area (TPSA) is 34.6 Å². The zero-order chi connectivity index (χ0) is 13.2. The molecule has 0 radical (unpaired) electrons. The standard InChI is InChI=1S/C14H22N2O2S/c1-3-17-14-11-4-5-12(14)18-7-6-16(11)8-13-10(2)15-9-19-13/h9,11-12,14H,3-8H2,1-2H3. The summed E-state index contributed by atoms with van der Waals surface area (Å²) in [5.41, 5.74) is 3.11. The van der Waals surface area contributed by atoms with Crippen molar-refractivity contribution in [2.24, 2.45) is 0 Å². The van der Waals surface area contributed by atoms with Gasteiger partial charge in [0.1, 0.15) is 0 Å². The molecule has 1 aromatic heterocycles. The quantitative estimate of drug-likeness (QED) is 0.848. The van der Waals surface area contributed by atoms with E-state index in [2.05, 4.69) is 23.7 Å². The van der Waals surface area contributed by atoms with Gasteiger partial charge in [-0.1, -0.05) is 0 Å². The zero-order valence-corrected chi connectivity index (χ0v) is 12.5. The number of aryl methyl sites for hydroxylation is 1. The molecule has 1 aromatic rings. The van der Waals surface area contributed by atoms with Crippen molar-refractivity contribution < 1.29 is 9.47 Å². The molecule has 2 heterocycles. The maximum atomic E-state index is 5.96. The summed E-state index contributed by atoms with van der Waals surface area (Å²) in [7, 11) is 0. The van der Waals surface area contributed by atoms with Gasteiger partial charge in [0.15, 0.2) is 0 Å². The van der Waals surface area contributed by atoms with Crippen LogP contribution in [0.3, 0.4) is 0 Å². The monoisotopic (exact) mass is 282 g/mol. The molecule has 3 unspecified atom stereocenters. The van der Waals surface area contributed by atoms with Gasteiger partial charge in [0, 0.05) is 30.6 Å². The molecule has 0 spiro atoms. The van der Waals surface area contributed by atoms with Crippen molar-refractivity contribution in [3.63, 3.8) is 0 Å². The van der Waals surface area contributed by atoms with Crippen LogP contribution < -0.4 is 0 Å². The van der Waals surface area contributed by atoms with E-state index >= 15 is 0 Å². The van der Waals surface area contributed by atoms with Crippen molar-refractivity contribution in [1.29, 1.82) is 0 Å². The molecular weight excluding hydrogens is 260 g/mol. The summed E-state index contributed by atoms with van der Waals surface area (Å²) in [6, 6.07) is 0.508. The van der Waals surface area contributed by atoms with E-state index in [9.17, 15) is 0 Å². The molecule has 0 N–H and O–H groups in total. The van der Waals surface area contributed by atoms with E-state index in [0.29, 0.717) is 12.1 Å². The predicted octanol–water partition coefficient (Wildman–Crippen LogP) is 2.22. The van der Waals surface area contributed by atoms with E-state index in [1.54, 1.807) is 11.3 Å². The van der Waals surface area contributed by atoms with Crippen molar-refractivity contribution >= 4 is 11.3 Å². The van der Waals surface area contributed by atoms with E-state index in [4.69, 9.17) is 9.47 Å². The van der Waals surface area contributed by atoms with Crippen LogP contribution in [0.25, 0.3) is 0 Å². The van der Waals surface area contributed by atoms with E-state index in [1.807, 2.05) is 5.51 Å². The summed E-state index contributed by atoms with van der Waals surface area (Å²) >= 11 is 1.76. The molecule has 0 aromatic carbocycles. The number of hydrogen-bond donors (Lipinski definition) is 0. The van der Waals surface area contributed by atoms with E-state index in [1.165, 1.54) is 11.3 Å². The molecule has 3 atom stereocenters. The predicted molar refractivity (Wildman–Crippen MR) is 75.4 cm³/mol. The maximum Gasteiger partial charge on any atom is 0.0991 e. The number of hydrogen-bond acceptors (Lipinski definition) is 5. The second-order valence-electron chi connectivity index (χ2n) is 5.31. The largest absolute Gasteiger partial charge is 0.374 e. The highest BCUT2D eigenvalue weighted by molar-refractivity contribution is 7.09. The molecular formula is C14H22N2O2S. The van der Waals surface area contributed by atoms with Gasteiger partial charge >= 0.3 is 0 Å². The normalized spacial score (nSPS) is 31.6. The fraction of sp³-hybridized carbons (Fsp3) is 0.786. The first kappa shape index (κ1) is 13.5. The molecule has 1 aliphatic heterocycles. The van der Waals surface area contributed by atoms with Crippen molar-refractivity contribution in [2.45, 2.75) is 51.5 Å². The lowest BCUT2D eigenvalue weighted by Gasteiger charge is -2.30. The van der Waals surface area contributed by atoms with Crippen LogP contribution in [-0.4, -0.2) is 47.9 Å².